The van der Waals surface area contributed by atoms with Crippen LogP contribution in [0.25, 0.3) is 10.9 Å². The van der Waals surface area contributed by atoms with E-state index in [1.165, 1.54) is 4.57 Å². The van der Waals surface area contributed by atoms with Gasteiger partial charge in [-0.15, -0.1) is 0 Å². The van der Waals surface area contributed by atoms with E-state index in [-0.39, 0.29) is 18.2 Å². The second-order valence-corrected chi connectivity index (χ2v) is 8.45. The predicted octanol–water partition coefficient (Wildman–Crippen LogP) is 1.85. The molecule has 0 unspecified atom stereocenters. The first-order valence-corrected chi connectivity index (χ1v) is 11.2. The second-order valence-electron chi connectivity index (χ2n) is 8.45. The van der Waals surface area contributed by atoms with Gasteiger partial charge >= 0.3 is 0 Å². The van der Waals surface area contributed by atoms with E-state index in [9.17, 15) is 14.7 Å². The van der Waals surface area contributed by atoms with Gasteiger partial charge in [0.05, 0.1) is 23.7 Å². The first kappa shape index (κ1) is 22.8. The lowest BCUT2D eigenvalue weighted by atomic mass is 10.0. The number of nitrogens with one attached hydrogen (secondary N) is 1. The lowest BCUT2D eigenvalue weighted by Crippen LogP contribution is -2.47. The van der Waals surface area contributed by atoms with E-state index in [2.05, 4.69) is 27.2 Å². The van der Waals surface area contributed by atoms with Crippen molar-refractivity contribution < 1.29 is 15.0 Å². The number of β-amino-alcohol motifs (C(OH)–C–C–N with tert-alkyl or cyclic N) is 1. The lowest BCUT2D eigenvalue weighted by Gasteiger charge is -2.36. The number of amides is 1. The molecule has 1 aliphatic heterocycles. The van der Waals surface area contributed by atoms with Crippen LogP contribution in [0.2, 0.25) is 0 Å². The summed E-state index contributed by atoms with van der Waals surface area (Å²) in [6.07, 6.45) is 0. The number of carbonyl (C=O) groups excluding carboxylic acids is 1. The highest BCUT2D eigenvalue weighted by Crippen LogP contribution is 2.26. The largest absolute Gasteiger partial charge is 0.502 e. The molecule has 4 rings (SSSR count). The van der Waals surface area contributed by atoms with Gasteiger partial charge in [0.1, 0.15) is 0 Å². The molecule has 2 aromatic carbocycles. The summed E-state index contributed by atoms with van der Waals surface area (Å²) >= 11 is 0. The third-order valence-corrected chi connectivity index (χ3v) is 6.38. The number of para-hydroxylation sites is 1. The molecule has 1 aromatic heterocycles. The number of nitrogens with zero attached hydrogens (tertiary/aromatic N) is 3. The smallest absolute Gasteiger partial charge is 0.293 e. The van der Waals surface area contributed by atoms with Crippen molar-refractivity contribution in [2.45, 2.75) is 13.0 Å². The maximum atomic E-state index is 13.2. The lowest BCUT2D eigenvalue weighted by molar-refractivity contribution is 0.0938. The topological polar surface area (TPSA) is 98.0 Å². The van der Waals surface area contributed by atoms with E-state index in [0.29, 0.717) is 17.4 Å². The van der Waals surface area contributed by atoms with Crippen LogP contribution in [0.15, 0.2) is 53.3 Å². The molecule has 3 N–H and O–H groups in total. The van der Waals surface area contributed by atoms with Crippen LogP contribution in [0.5, 0.6) is 5.75 Å². The van der Waals surface area contributed by atoms with Crippen molar-refractivity contribution in [1.82, 2.24) is 14.8 Å². The number of carbonyl (C=O) groups is 1. The maximum absolute atomic E-state index is 13.2. The fraction of sp³-hybridized carbons (Fsp3) is 0.360. The van der Waals surface area contributed by atoms with Crippen molar-refractivity contribution in [2.75, 3.05) is 44.2 Å². The molecule has 1 aliphatic rings. The van der Waals surface area contributed by atoms with Crippen LogP contribution in [0, 0.1) is 0 Å². The number of aromatic hydroxyl groups is 1. The number of rotatable bonds is 6. The van der Waals surface area contributed by atoms with Gasteiger partial charge < -0.3 is 25.0 Å². The predicted molar refractivity (Wildman–Crippen MR) is 129 cm³/mol. The molecule has 2 heterocycles. The van der Waals surface area contributed by atoms with E-state index in [0.717, 1.165) is 37.4 Å². The van der Waals surface area contributed by atoms with Crippen LogP contribution in [0.3, 0.4) is 0 Å². The first-order chi connectivity index (χ1) is 15.9. The summed E-state index contributed by atoms with van der Waals surface area (Å²) in [6.45, 7) is 6.29. The summed E-state index contributed by atoms with van der Waals surface area (Å²) in [5.74, 6) is -1.03. The van der Waals surface area contributed by atoms with Crippen molar-refractivity contribution in [3.05, 3.63) is 70.0 Å². The third kappa shape index (κ3) is 4.58. The van der Waals surface area contributed by atoms with Crippen LogP contribution in [-0.4, -0.2) is 64.9 Å². The minimum atomic E-state index is -0.603. The minimum absolute atomic E-state index is 0.00305. The van der Waals surface area contributed by atoms with Crippen LogP contribution in [0.1, 0.15) is 28.9 Å². The van der Waals surface area contributed by atoms with Crippen LogP contribution < -0.4 is 15.8 Å². The number of hydrogen-bond acceptors (Lipinski definition) is 6. The standard InChI is InChI=1S/C25H30N4O4/c1-17(18-6-5-7-19(16-18)29-12-10-28(11-13-29)14-15-30)26-24(32)22-20-8-3-4-9-21(20)27(2)25(33)23(22)31/h3-9,16-17,30-31H,10-15H2,1-2H3,(H,26,32)/t17-/m1/s1. The van der Waals surface area contributed by atoms with Crippen LogP contribution >= 0.6 is 0 Å². The molecule has 0 radical (unpaired) electrons. The Balaban J connectivity index is 1.54. The van der Waals surface area contributed by atoms with Gasteiger partial charge in [0.25, 0.3) is 11.5 Å². The number of benzene rings is 2. The summed E-state index contributed by atoms with van der Waals surface area (Å²) in [5, 5.41) is 23.1. The van der Waals surface area contributed by atoms with Crippen molar-refractivity contribution in [3.8, 4) is 5.75 Å². The number of piperazine rings is 1. The molecule has 174 valence electrons. The zero-order chi connectivity index (χ0) is 23.5. The molecule has 0 spiro atoms. The molecule has 1 atom stereocenters. The number of fused-ring (bicyclic) bond motifs is 1. The molecule has 33 heavy (non-hydrogen) atoms. The van der Waals surface area contributed by atoms with Gasteiger partial charge in [0.15, 0.2) is 5.75 Å². The second kappa shape index (κ2) is 9.64. The molecular weight excluding hydrogens is 420 g/mol. The Kier molecular flexibility index (Phi) is 6.67. The van der Waals surface area contributed by atoms with Gasteiger partial charge in [-0.25, -0.2) is 0 Å². The van der Waals surface area contributed by atoms with Gasteiger partial charge in [-0.05, 0) is 30.7 Å². The van der Waals surface area contributed by atoms with Crippen molar-refractivity contribution in [2.24, 2.45) is 7.05 Å². The van der Waals surface area contributed by atoms with E-state index in [1.807, 2.05) is 19.1 Å². The summed E-state index contributed by atoms with van der Waals surface area (Å²) in [5.41, 5.74) is 2.00. The molecule has 0 bridgehead atoms. The Morgan fingerprint density at radius 1 is 1.09 bits per heavy atom. The SMILES string of the molecule is C[C@@H](NC(=O)c1c(O)c(=O)n(C)c2ccccc12)c1cccc(N2CCN(CCO)CC2)c1. The van der Waals surface area contributed by atoms with E-state index >= 15 is 0 Å². The molecule has 1 saturated heterocycles. The Bertz CT molecular complexity index is 1210. The van der Waals surface area contributed by atoms with Gasteiger partial charge in [0.2, 0.25) is 0 Å². The Hall–Kier alpha value is -3.36. The summed E-state index contributed by atoms with van der Waals surface area (Å²) in [7, 11) is 1.57. The molecule has 0 saturated carbocycles. The minimum Gasteiger partial charge on any atom is -0.502 e. The maximum Gasteiger partial charge on any atom is 0.293 e. The summed E-state index contributed by atoms with van der Waals surface area (Å²) in [4.78, 5) is 30.2. The average Bonchev–Trinajstić information content (AvgIpc) is 2.83. The highest BCUT2D eigenvalue weighted by Gasteiger charge is 2.23. The first-order valence-electron chi connectivity index (χ1n) is 11.2. The zero-order valence-electron chi connectivity index (χ0n) is 19.0. The average molecular weight is 451 g/mol. The van der Waals surface area contributed by atoms with E-state index in [1.54, 1.807) is 31.3 Å². The molecule has 8 nitrogen and oxygen atoms in total. The number of aromatic nitrogens is 1. The fourth-order valence-corrected chi connectivity index (χ4v) is 4.42. The number of hydrogen-bond donors (Lipinski definition) is 3. The highest BCUT2D eigenvalue weighted by atomic mass is 16.3. The van der Waals surface area contributed by atoms with Crippen molar-refractivity contribution >= 4 is 22.5 Å². The number of anilines is 1. The number of pyridine rings is 1. The third-order valence-electron chi connectivity index (χ3n) is 6.38. The fourth-order valence-electron chi connectivity index (χ4n) is 4.42. The molecule has 1 amide bonds. The Morgan fingerprint density at radius 2 is 1.82 bits per heavy atom. The van der Waals surface area contributed by atoms with Crippen LogP contribution in [0.4, 0.5) is 5.69 Å². The molecule has 0 aliphatic carbocycles. The number of aliphatic hydroxyl groups is 1. The quantitative estimate of drug-likeness (QED) is 0.530. The Labute approximate surface area is 192 Å². The normalized spacial score (nSPS) is 15.5. The molecule has 1 fully saturated rings. The van der Waals surface area contributed by atoms with Crippen molar-refractivity contribution in [3.63, 3.8) is 0 Å². The molecule has 8 heteroatoms. The molecule has 3 aromatic rings. The van der Waals surface area contributed by atoms with Gasteiger partial charge in [0, 0.05) is 50.8 Å². The van der Waals surface area contributed by atoms with E-state index < -0.39 is 17.2 Å². The molecular formula is C25H30N4O4. The summed E-state index contributed by atoms with van der Waals surface area (Å²) < 4.78 is 1.34. The monoisotopic (exact) mass is 450 g/mol. The number of aryl methyl sites for hydroxylation is 1. The summed E-state index contributed by atoms with van der Waals surface area (Å²) in [6, 6.07) is 14.8. The Morgan fingerprint density at radius 3 is 2.55 bits per heavy atom. The van der Waals surface area contributed by atoms with Gasteiger partial charge in [-0.3, -0.25) is 14.5 Å². The van der Waals surface area contributed by atoms with Gasteiger partial charge in [-0.1, -0.05) is 30.3 Å². The van der Waals surface area contributed by atoms with E-state index in [4.69, 9.17) is 5.11 Å². The van der Waals surface area contributed by atoms with Crippen molar-refractivity contribution in [1.29, 1.82) is 0 Å². The van der Waals surface area contributed by atoms with Crippen LogP contribution in [-0.2, 0) is 7.05 Å². The zero-order valence-corrected chi connectivity index (χ0v) is 19.0. The van der Waals surface area contributed by atoms with Gasteiger partial charge in [-0.2, -0.15) is 0 Å². The number of aliphatic hydroxyl groups excluding tert-OH is 1. The highest BCUT2D eigenvalue weighted by molar-refractivity contribution is 6.08.